The Balaban J connectivity index is 1.77. The number of aromatic nitrogens is 2. The molecule has 1 unspecified atom stereocenters. The number of rotatable bonds is 7. The fourth-order valence-electron chi connectivity index (χ4n) is 3.90. The van der Waals surface area contributed by atoms with Crippen LogP contribution < -0.4 is 4.90 Å². The molecule has 2 aliphatic rings. The average Bonchev–Trinajstić information content (AvgIpc) is 3.44. The van der Waals surface area contributed by atoms with Crippen molar-refractivity contribution in [2.45, 2.75) is 56.2 Å². The Hall–Kier alpha value is -2.32. The second kappa shape index (κ2) is 9.04. The van der Waals surface area contributed by atoms with E-state index in [0.717, 1.165) is 18.9 Å². The second-order valence-corrected chi connectivity index (χ2v) is 10.2. The van der Waals surface area contributed by atoms with Crippen molar-refractivity contribution in [3.8, 4) is 0 Å². The summed E-state index contributed by atoms with van der Waals surface area (Å²) in [4.78, 5) is 8.39. The minimum Gasteiger partial charge on any atom is -0.378 e. The van der Waals surface area contributed by atoms with Crippen LogP contribution in [0.2, 0.25) is 0 Å². The smallest absolute Gasteiger partial charge is 0.378 e. The van der Waals surface area contributed by atoms with Gasteiger partial charge in [0.05, 0.1) is 30.2 Å². The molecule has 0 spiro atoms. The Kier molecular flexibility index (Phi) is 6.59. The van der Waals surface area contributed by atoms with E-state index in [0.29, 0.717) is 11.8 Å². The molecule has 1 aromatic heterocycles. The topological polar surface area (TPSA) is 78.5 Å². The molecule has 1 fully saturated rings. The standard InChI is InChI=1S/C20H22F6N4O3S/c21-19(22,23)14-1-4-18-13(7-14)9-29(34(31,32)20(24,25)26)11-16(5-6-33-17-2-3-17)30(18)10-15-8-27-12-28-15/h1,4,7-8,12,16-17H,2-3,5-6,9-11H2,(H,27,28). The molecule has 2 aromatic rings. The number of aromatic amines is 1. The molecule has 0 bridgehead atoms. The van der Waals surface area contributed by atoms with Gasteiger partial charge in [-0.25, -0.2) is 13.4 Å². The summed E-state index contributed by atoms with van der Waals surface area (Å²) >= 11 is 0. The van der Waals surface area contributed by atoms with E-state index >= 15 is 0 Å². The van der Waals surface area contributed by atoms with Gasteiger partial charge in [0.2, 0.25) is 0 Å². The van der Waals surface area contributed by atoms with E-state index in [1.807, 2.05) is 0 Å². The molecule has 1 N–H and O–H groups in total. The molecule has 1 atom stereocenters. The van der Waals surface area contributed by atoms with E-state index in [4.69, 9.17) is 4.74 Å². The molecule has 0 amide bonds. The van der Waals surface area contributed by atoms with Gasteiger partial charge in [0, 0.05) is 37.6 Å². The summed E-state index contributed by atoms with van der Waals surface area (Å²) in [5.74, 6) is 0. The van der Waals surface area contributed by atoms with E-state index in [2.05, 4.69) is 9.97 Å². The fourth-order valence-corrected chi connectivity index (χ4v) is 4.87. The number of benzene rings is 1. The highest BCUT2D eigenvalue weighted by Gasteiger charge is 2.51. The summed E-state index contributed by atoms with van der Waals surface area (Å²) < 4.78 is 111. The quantitative estimate of drug-likeness (QED) is 0.567. The Bertz CT molecular complexity index is 1100. The lowest BCUT2D eigenvalue weighted by molar-refractivity contribution is -0.137. The van der Waals surface area contributed by atoms with Gasteiger partial charge in [0.1, 0.15) is 0 Å². The molecule has 4 rings (SSSR count). The maximum Gasteiger partial charge on any atom is 0.511 e. The molecule has 0 radical (unpaired) electrons. The van der Waals surface area contributed by atoms with Crippen LogP contribution in [0.25, 0.3) is 0 Å². The lowest BCUT2D eigenvalue weighted by atomic mass is 10.1. The Morgan fingerprint density at radius 2 is 1.88 bits per heavy atom. The van der Waals surface area contributed by atoms with Gasteiger partial charge in [-0.1, -0.05) is 0 Å². The number of nitrogens with one attached hydrogen (secondary N) is 1. The van der Waals surface area contributed by atoms with Gasteiger partial charge in [-0.05, 0) is 43.0 Å². The lowest BCUT2D eigenvalue weighted by Gasteiger charge is -2.34. The minimum atomic E-state index is -5.80. The molecule has 188 valence electrons. The number of alkyl halides is 6. The minimum absolute atomic E-state index is 0.0727. The van der Waals surface area contributed by atoms with Gasteiger partial charge in [0.15, 0.2) is 0 Å². The summed E-state index contributed by atoms with van der Waals surface area (Å²) in [7, 11) is -5.80. The third-order valence-electron chi connectivity index (χ3n) is 5.78. The maximum absolute atomic E-state index is 13.4. The summed E-state index contributed by atoms with van der Waals surface area (Å²) in [5, 5.41) is 0. The van der Waals surface area contributed by atoms with Gasteiger partial charge in [-0.15, -0.1) is 0 Å². The van der Waals surface area contributed by atoms with Crippen LogP contribution in [0.4, 0.5) is 32.0 Å². The zero-order valence-electron chi connectivity index (χ0n) is 17.7. The number of imidazole rings is 1. The monoisotopic (exact) mass is 512 g/mol. The van der Waals surface area contributed by atoms with Gasteiger partial charge in [-0.3, -0.25) is 0 Å². The Labute approximate surface area is 191 Å². The average molecular weight is 512 g/mol. The Morgan fingerprint density at radius 1 is 1.15 bits per heavy atom. The molecule has 1 aliphatic carbocycles. The van der Waals surface area contributed by atoms with E-state index in [1.165, 1.54) is 18.6 Å². The number of ether oxygens (including phenoxy) is 1. The highest BCUT2D eigenvalue weighted by atomic mass is 32.2. The summed E-state index contributed by atoms with van der Waals surface area (Å²) in [6, 6.07) is 1.92. The van der Waals surface area contributed by atoms with Crippen molar-refractivity contribution in [3.05, 3.63) is 47.5 Å². The first-order valence-electron chi connectivity index (χ1n) is 10.5. The molecule has 0 saturated heterocycles. The predicted octanol–water partition coefficient (Wildman–Crippen LogP) is 4.04. The third-order valence-corrected chi connectivity index (χ3v) is 7.32. The molecular formula is C20H22F6N4O3S. The van der Waals surface area contributed by atoms with E-state index in [-0.39, 0.29) is 41.2 Å². The van der Waals surface area contributed by atoms with Crippen LogP contribution in [0.5, 0.6) is 0 Å². The van der Waals surface area contributed by atoms with Gasteiger partial charge >= 0.3 is 21.7 Å². The van der Waals surface area contributed by atoms with Crippen LogP contribution in [-0.4, -0.2) is 53.5 Å². The summed E-state index contributed by atoms with van der Waals surface area (Å²) in [5.41, 5.74) is -6.06. The normalized spacial score (nSPS) is 20.3. The molecule has 1 saturated carbocycles. The third kappa shape index (κ3) is 5.33. The molecule has 2 heterocycles. The van der Waals surface area contributed by atoms with Crippen molar-refractivity contribution in [1.82, 2.24) is 14.3 Å². The summed E-state index contributed by atoms with van der Waals surface area (Å²) in [6.45, 7) is -1.17. The molecule has 7 nitrogen and oxygen atoms in total. The van der Waals surface area contributed by atoms with Crippen molar-refractivity contribution >= 4 is 15.7 Å². The molecule has 34 heavy (non-hydrogen) atoms. The van der Waals surface area contributed by atoms with Crippen molar-refractivity contribution in [3.63, 3.8) is 0 Å². The zero-order valence-corrected chi connectivity index (χ0v) is 18.6. The number of hydrogen-bond donors (Lipinski definition) is 1. The van der Waals surface area contributed by atoms with Crippen molar-refractivity contribution in [1.29, 1.82) is 0 Å². The predicted molar refractivity (Wildman–Crippen MR) is 109 cm³/mol. The zero-order chi connectivity index (χ0) is 24.7. The SMILES string of the molecule is O=S(=O)(N1Cc2cc(C(F)(F)F)ccc2N(Cc2cnc[nH]2)C(CCOC2CC2)C1)C(F)(F)F. The number of fused-ring (bicyclic) bond motifs is 1. The van der Waals surface area contributed by atoms with Gasteiger partial charge in [-0.2, -0.15) is 30.6 Å². The maximum atomic E-state index is 13.4. The van der Waals surface area contributed by atoms with Crippen LogP contribution in [0.3, 0.4) is 0 Å². The lowest BCUT2D eigenvalue weighted by Crippen LogP contribution is -2.47. The number of anilines is 1. The molecule has 14 heteroatoms. The first-order chi connectivity index (χ1) is 15.9. The first-order valence-corrected chi connectivity index (χ1v) is 11.9. The number of nitrogens with zero attached hydrogens (tertiary/aromatic N) is 3. The van der Waals surface area contributed by atoms with E-state index in [1.54, 1.807) is 4.90 Å². The van der Waals surface area contributed by atoms with E-state index in [9.17, 15) is 34.8 Å². The first kappa shape index (κ1) is 24.8. The molecular weight excluding hydrogens is 490 g/mol. The fraction of sp³-hybridized carbons (Fsp3) is 0.550. The number of sulfonamides is 1. The largest absolute Gasteiger partial charge is 0.511 e. The second-order valence-electron chi connectivity index (χ2n) is 8.30. The molecule has 1 aliphatic heterocycles. The van der Waals surface area contributed by atoms with E-state index < -0.39 is 46.4 Å². The highest BCUT2D eigenvalue weighted by molar-refractivity contribution is 7.89. The number of hydrogen-bond acceptors (Lipinski definition) is 5. The van der Waals surface area contributed by atoms with Crippen LogP contribution in [0, 0.1) is 0 Å². The van der Waals surface area contributed by atoms with Crippen molar-refractivity contribution in [2.75, 3.05) is 18.1 Å². The van der Waals surface area contributed by atoms with Crippen LogP contribution >= 0.6 is 0 Å². The van der Waals surface area contributed by atoms with Crippen LogP contribution in [0.15, 0.2) is 30.7 Å². The summed E-state index contributed by atoms with van der Waals surface area (Å²) in [6.07, 6.45) is 0.127. The van der Waals surface area contributed by atoms with Crippen molar-refractivity contribution < 1.29 is 39.5 Å². The van der Waals surface area contributed by atoms with Gasteiger partial charge < -0.3 is 14.6 Å². The van der Waals surface area contributed by atoms with Gasteiger partial charge in [0.25, 0.3) is 0 Å². The Morgan fingerprint density at radius 3 is 2.47 bits per heavy atom. The number of halogens is 6. The van der Waals surface area contributed by atoms with Crippen LogP contribution in [-0.2, 0) is 34.0 Å². The van der Waals surface area contributed by atoms with Crippen molar-refractivity contribution in [2.24, 2.45) is 0 Å². The van der Waals surface area contributed by atoms with Crippen LogP contribution in [0.1, 0.15) is 36.1 Å². The molecule has 1 aromatic carbocycles. The highest BCUT2D eigenvalue weighted by Crippen LogP contribution is 2.39. The number of H-pyrrole nitrogens is 1.